The van der Waals surface area contributed by atoms with Gasteiger partial charge in [-0.25, -0.2) is 19.2 Å². The minimum atomic E-state index is -2.82. The number of hydrogen-bond donors (Lipinski definition) is 10. The normalized spacial score (nSPS) is 20.5. The van der Waals surface area contributed by atoms with Gasteiger partial charge in [0.1, 0.15) is 12.2 Å². The lowest BCUT2D eigenvalue weighted by Crippen LogP contribution is -2.59. The number of aliphatic carboxylic acids is 1. The van der Waals surface area contributed by atoms with E-state index in [1.54, 1.807) is 0 Å². The Balaban J connectivity index is 1.78. The number of esters is 3. The highest BCUT2D eigenvalue weighted by Crippen LogP contribution is 2.41. The Morgan fingerprint density at radius 3 is 1.30 bits per heavy atom. The molecular weight excluding hydrogens is 636 g/mol. The van der Waals surface area contributed by atoms with Gasteiger partial charge in [-0.05, 0) is 36.4 Å². The van der Waals surface area contributed by atoms with Crippen LogP contribution in [0, 0.1) is 0 Å². The van der Waals surface area contributed by atoms with E-state index < -0.39 is 123 Å². The minimum Gasteiger partial charge on any atom is -0.504 e. The van der Waals surface area contributed by atoms with Crippen molar-refractivity contribution in [2.75, 3.05) is 7.11 Å². The van der Waals surface area contributed by atoms with Crippen LogP contribution in [-0.2, 0) is 19.0 Å². The van der Waals surface area contributed by atoms with Gasteiger partial charge in [-0.15, -0.1) is 0 Å². The number of carbonyl (C=O) groups excluding carboxylic acids is 3. The van der Waals surface area contributed by atoms with Crippen LogP contribution in [0.5, 0.6) is 51.7 Å². The SMILES string of the molecule is COc1cc(C(=O)OC2[C@H](OC(=O)c3cc(O)c(O)c(O)c3)CC(O)(C(=O)O)C[C@H]2OC(=O)c2cc(O)c(O)c(O)c2)cc(O)c1O. The first-order chi connectivity index (χ1) is 21.9. The molecule has 0 spiro atoms. The zero-order valence-corrected chi connectivity index (χ0v) is 23.8. The van der Waals surface area contributed by atoms with E-state index in [-0.39, 0.29) is 5.75 Å². The first-order valence-electron chi connectivity index (χ1n) is 13.1. The number of carboxylic acids is 1. The van der Waals surface area contributed by atoms with E-state index >= 15 is 0 Å². The Morgan fingerprint density at radius 2 is 0.936 bits per heavy atom. The average Bonchev–Trinajstić information content (AvgIpc) is 3.00. The molecule has 0 aliphatic heterocycles. The van der Waals surface area contributed by atoms with Crippen LogP contribution in [0.2, 0.25) is 0 Å². The summed E-state index contributed by atoms with van der Waals surface area (Å²) in [4.78, 5) is 51.6. The Kier molecular flexibility index (Phi) is 9.00. The van der Waals surface area contributed by atoms with Crippen LogP contribution >= 0.6 is 0 Å². The Bertz CT molecular complexity index is 1640. The molecule has 4 rings (SSSR count). The number of ether oxygens (including phenoxy) is 4. The molecule has 0 amide bonds. The number of aliphatic hydroxyl groups is 1. The van der Waals surface area contributed by atoms with Gasteiger partial charge in [-0.1, -0.05) is 0 Å². The molecule has 18 nitrogen and oxygen atoms in total. The summed E-state index contributed by atoms with van der Waals surface area (Å²) in [6.45, 7) is 0. The summed E-state index contributed by atoms with van der Waals surface area (Å²) in [5.74, 6) is -13.8. The smallest absolute Gasteiger partial charge is 0.338 e. The molecule has 18 heteroatoms. The number of aromatic hydroxyl groups is 8. The second-order valence-corrected chi connectivity index (χ2v) is 10.3. The van der Waals surface area contributed by atoms with Gasteiger partial charge < -0.3 is 70.0 Å². The quantitative estimate of drug-likeness (QED) is 0.0910. The molecule has 0 saturated heterocycles. The summed E-state index contributed by atoms with van der Waals surface area (Å²) in [5, 5.41) is 99.2. The van der Waals surface area contributed by atoms with Crippen molar-refractivity contribution in [1.82, 2.24) is 0 Å². The summed E-state index contributed by atoms with van der Waals surface area (Å²) in [7, 11) is 1.10. The molecule has 47 heavy (non-hydrogen) atoms. The molecule has 250 valence electrons. The van der Waals surface area contributed by atoms with Crippen LogP contribution < -0.4 is 4.74 Å². The molecule has 3 aromatic rings. The number of methoxy groups -OCH3 is 1. The number of carbonyl (C=O) groups is 4. The molecule has 1 aliphatic rings. The number of rotatable bonds is 8. The predicted molar refractivity (Wildman–Crippen MR) is 149 cm³/mol. The Morgan fingerprint density at radius 1 is 0.596 bits per heavy atom. The highest BCUT2D eigenvalue weighted by atomic mass is 16.6. The molecule has 0 aromatic heterocycles. The average molecular weight is 663 g/mol. The number of phenols is 8. The van der Waals surface area contributed by atoms with Gasteiger partial charge in [0.25, 0.3) is 0 Å². The van der Waals surface area contributed by atoms with Crippen molar-refractivity contribution in [3.63, 3.8) is 0 Å². The third-order valence-corrected chi connectivity index (χ3v) is 7.09. The molecule has 1 fully saturated rings. The predicted octanol–water partition coefficient (Wildman–Crippen LogP) is 0.926. The van der Waals surface area contributed by atoms with Crippen LogP contribution in [0.25, 0.3) is 0 Å². The van der Waals surface area contributed by atoms with Crippen LogP contribution in [0.1, 0.15) is 43.9 Å². The van der Waals surface area contributed by atoms with Crippen molar-refractivity contribution in [1.29, 1.82) is 0 Å². The second kappa shape index (κ2) is 12.6. The molecule has 10 N–H and O–H groups in total. The topological polar surface area (TPSA) is 308 Å². The van der Waals surface area contributed by atoms with E-state index in [0.717, 1.165) is 19.2 Å². The maximum absolute atomic E-state index is 13.3. The fourth-order valence-electron chi connectivity index (χ4n) is 4.68. The summed E-state index contributed by atoms with van der Waals surface area (Å²) in [5.41, 5.74) is -4.52. The van der Waals surface area contributed by atoms with Crippen LogP contribution in [0.3, 0.4) is 0 Å². The van der Waals surface area contributed by atoms with E-state index in [2.05, 4.69) is 0 Å². The van der Waals surface area contributed by atoms with Crippen molar-refractivity contribution in [2.45, 2.75) is 36.8 Å². The fourth-order valence-corrected chi connectivity index (χ4v) is 4.68. The standard InChI is InChI=1S/C29H26O18/c1-44-18-7-12(6-17(34)23(18)37)27(40)47-24-19(45-25(38)10-2-13(30)21(35)14(31)3-10)8-29(43,28(41)42)9-20(24)46-26(39)11-4-15(32)22(36)16(33)5-11/h2-7,19-20,24,30-37,43H,8-9H2,1H3,(H,41,42)/t19-,20-,24?,29?/m1/s1. The largest absolute Gasteiger partial charge is 0.504 e. The maximum atomic E-state index is 13.3. The van der Waals surface area contributed by atoms with Crippen molar-refractivity contribution in [2.24, 2.45) is 0 Å². The van der Waals surface area contributed by atoms with E-state index in [1.807, 2.05) is 0 Å². The Labute approximate surface area is 262 Å². The maximum Gasteiger partial charge on any atom is 0.338 e. The summed E-state index contributed by atoms with van der Waals surface area (Å²) >= 11 is 0. The lowest BCUT2D eigenvalue weighted by molar-refractivity contribution is -0.188. The molecular formula is C29H26O18. The molecule has 1 aliphatic carbocycles. The van der Waals surface area contributed by atoms with Crippen LogP contribution in [-0.4, -0.2) is 106 Å². The van der Waals surface area contributed by atoms with Gasteiger partial charge in [0.15, 0.2) is 57.7 Å². The third-order valence-electron chi connectivity index (χ3n) is 7.09. The highest BCUT2D eigenvalue weighted by molar-refractivity contribution is 5.93. The van der Waals surface area contributed by atoms with Gasteiger partial charge in [-0.3, -0.25) is 0 Å². The number of phenolic OH excluding ortho intramolecular Hbond substituents is 8. The van der Waals surface area contributed by atoms with E-state index in [0.29, 0.717) is 24.3 Å². The molecule has 0 radical (unpaired) electrons. The van der Waals surface area contributed by atoms with Crippen molar-refractivity contribution in [3.05, 3.63) is 53.1 Å². The van der Waals surface area contributed by atoms with Gasteiger partial charge in [0.05, 0.1) is 23.8 Å². The zero-order valence-electron chi connectivity index (χ0n) is 23.8. The molecule has 0 bridgehead atoms. The minimum absolute atomic E-state index is 0.384. The fraction of sp³-hybridized carbons (Fsp3) is 0.241. The number of carboxylic acid groups (broad SMARTS) is 1. The van der Waals surface area contributed by atoms with E-state index in [4.69, 9.17) is 18.9 Å². The summed E-state index contributed by atoms with van der Waals surface area (Å²) in [6.07, 6.45) is -7.92. The summed E-state index contributed by atoms with van der Waals surface area (Å²) in [6, 6.07) is 4.34. The number of hydrogen-bond acceptors (Lipinski definition) is 17. The molecule has 0 unspecified atom stereocenters. The zero-order chi connectivity index (χ0) is 35.0. The van der Waals surface area contributed by atoms with E-state index in [1.165, 1.54) is 0 Å². The van der Waals surface area contributed by atoms with Gasteiger partial charge >= 0.3 is 23.9 Å². The molecule has 2 atom stereocenters. The number of benzene rings is 3. The third kappa shape index (κ3) is 6.71. The van der Waals surface area contributed by atoms with Crippen LogP contribution in [0.4, 0.5) is 0 Å². The van der Waals surface area contributed by atoms with Gasteiger partial charge in [-0.2, -0.15) is 0 Å². The highest BCUT2D eigenvalue weighted by Gasteiger charge is 2.55. The van der Waals surface area contributed by atoms with Crippen LogP contribution in [0.15, 0.2) is 36.4 Å². The van der Waals surface area contributed by atoms with Crippen molar-refractivity contribution >= 4 is 23.9 Å². The van der Waals surface area contributed by atoms with Gasteiger partial charge in [0, 0.05) is 12.8 Å². The molecule has 0 heterocycles. The second-order valence-electron chi connectivity index (χ2n) is 10.3. The lowest BCUT2D eigenvalue weighted by atomic mass is 9.79. The molecule has 1 saturated carbocycles. The molecule has 3 aromatic carbocycles. The monoisotopic (exact) mass is 662 g/mol. The first-order valence-corrected chi connectivity index (χ1v) is 13.1. The summed E-state index contributed by atoms with van der Waals surface area (Å²) < 4.78 is 21.0. The van der Waals surface area contributed by atoms with Gasteiger partial charge in [0.2, 0.25) is 5.75 Å². The lowest BCUT2D eigenvalue weighted by Gasteiger charge is -2.42. The first kappa shape index (κ1) is 33.6. The van der Waals surface area contributed by atoms with Crippen molar-refractivity contribution < 1.29 is 89.2 Å². The van der Waals surface area contributed by atoms with Crippen molar-refractivity contribution in [3.8, 4) is 51.7 Å². The van der Waals surface area contributed by atoms with E-state index in [9.17, 15) is 70.2 Å². The Hall–Kier alpha value is -6.30.